The van der Waals surface area contributed by atoms with Crippen LogP contribution >= 0.6 is 11.6 Å². The highest BCUT2D eigenvalue weighted by Gasteiger charge is 2.30. The van der Waals surface area contributed by atoms with Gasteiger partial charge in [-0.25, -0.2) is 0 Å². The second-order valence-electron chi connectivity index (χ2n) is 8.37. The van der Waals surface area contributed by atoms with E-state index in [4.69, 9.17) is 11.6 Å². The Balaban J connectivity index is 1.71. The molecule has 0 saturated carbocycles. The number of nitrogens with zero attached hydrogens (tertiary/aromatic N) is 2. The molecule has 0 radical (unpaired) electrons. The molecule has 1 unspecified atom stereocenters. The third-order valence-electron chi connectivity index (χ3n) is 5.79. The second kappa shape index (κ2) is 10.8. The molecule has 3 amide bonds. The zero-order valence-corrected chi connectivity index (χ0v) is 20.3. The van der Waals surface area contributed by atoms with Crippen molar-refractivity contribution >= 4 is 46.4 Å². The van der Waals surface area contributed by atoms with Crippen LogP contribution in [-0.2, 0) is 27.2 Å². The number of fused-ring (bicyclic) bond motifs is 1. The summed E-state index contributed by atoms with van der Waals surface area (Å²) < 4.78 is 0. The highest BCUT2D eigenvalue weighted by atomic mass is 35.5. The van der Waals surface area contributed by atoms with E-state index in [0.717, 1.165) is 23.2 Å². The molecule has 8 heteroatoms. The number of hydrogen-bond acceptors (Lipinski definition) is 4. The summed E-state index contributed by atoms with van der Waals surface area (Å²) in [4.78, 5) is 41.5. The zero-order chi connectivity index (χ0) is 24.1. The first-order valence-electron chi connectivity index (χ1n) is 11.2. The van der Waals surface area contributed by atoms with Crippen molar-refractivity contribution in [3.63, 3.8) is 0 Å². The van der Waals surface area contributed by atoms with E-state index < -0.39 is 0 Å². The fourth-order valence-corrected chi connectivity index (χ4v) is 4.51. The number of hydrogen-bond donors (Lipinski definition) is 2. The van der Waals surface area contributed by atoms with Crippen molar-refractivity contribution in [1.29, 1.82) is 0 Å². The maximum absolute atomic E-state index is 13.2. The number of benzene rings is 2. The molecule has 3 rings (SSSR count). The Labute approximate surface area is 200 Å². The molecule has 0 spiro atoms. The lowest BCUT2D eigenvalue weighted by Gasteiger charge is -2.29. The number of carbonyl (C=O) groups excluding carboxylic acids is 3. The first kappa shape index (κ1) is 24.7. The second-order valence-corrected chi connectivity index (χ2v) is 8.78. The van der Waals surface area contributed by atoms with Crippen LogP contribution in [0.3, 0.4) is 0 Å². The molecule has 1 aliphatic heterocycles. The van der Waals surface area contributed by atoms with E-state index in [1.54, 1.807) is 22.9 Å². The number of carbonyl (C=O) groups is 3. The van der Waals surface area contributed by atoms with E-state index in [1.807, 2.05) is 51.1 Å². The maximum atomic E-state index is 13.2. The van der Waals surface area contributed by atoms with Crippen LogP contribution in [0.15, 0.2) is 36.4 Å². The molecule has 0 saturated heterocycles. The van der Waals surface area contributed by atoms with Gasteiger partial charge in [0.05, 0.1) is 24.5 Å². The van der Waals surface area contributed by atoms with Crippen molar-refractivity contribution in [2.24, 2.45) is 0 Å². The van der Waals surface area contributed by atoms with Gasteiger partial charge in [0.25, 0.3) is 0 Å². The first-order valence-corrected chi connectivity index (χ1v) is 11.6. The lowest BCUT2D eigenvalue weighted by Crippen LogP contribution is -2.45. The Morgan fingerprint density at radius 1 is 1.15 bits per heavy atom. The highest BCUT2D eigenvalue weighted by molar-refractivity contribution is 6.32. The number of amides is 3. The van der Waals surface area contributed by atoms with Crippen molar-refractivity contribution in [2.45, 2.75) is 46.1 Å². The van der Waals surface area contributed by atoms with E-state index >= 15 is 0 Å². The van der Waals surface area contributed by atoms with E-state index in [0.29, 0.717) is 22.8 Å². The first-order chi connectivity index (χ1) is 15.7. The molecule has 1 heterocycles. The summed E-state index contributed by atoms with van der Waals surface area (Å²) >= 11 is 6.34. The van der Waals surface area contributed by atoms with Gasteiger partial charge in [-0.05, 0) is 56.1 Å². The molecule has 0 aliphatic carbocycles. The van der Waals surface area contributed by atoms with Crippen LogP contribution in [0.2, 0.25) is 5.02 Å². The summed E-state index contributed by atoms with van der Waals surface area (Å²) in [6.07, 6.45) is 1.68. The molecule has 2 N–H and O–H groups in total. The smallest absolute Gasteiger partial charge is 0.241 e. The van der Waals surface area contributed by atoms with Crippen LogP contribution in [0.25, 0.3) is 0 Å². The van der Waals surface area contributed by atoms with Crippen LogP contribution in [0.4, 0.5) is 17.1 Å². The number of nitrogens with one attached hydrogen (secondary N) is 2. The Morgan fingerprint density at radius 2 is 1.88 bits per heavy atom. The molecule has 176 valence electrons. The Kier molecular flexibility index (Phi) is 8.10. The number of para-hydroxylation sites is 2. The van der Waals surface area contributed by atoms with Gasteiger partial charge in [0, 0.05) is 23.2 Å². The molecular formula is C25H31ClN4O3. The van der Waals surface area contributed by atoms with Gasteiger partial charge in [-0.3, -0.25) is 19.3 Å². The van der Waals surface area contributed by atoms with Crippen LogP contribution < -0.4 is 15.5 Å². The zero-order valence-electron chi connectivity index (χ0n) is 19.6. The van der Waals surface area contributed by atoms with Gasteiger partial charge in [-0.2, -0.15) is 0 Å². The number of aryl methyl sites for hydroxylation is 1. The predicted octanol–water partition coefficient (Wildman–Crippen LogP) is 4.10. The number of rotatable bonds is 7. The standard InChI is InChI=1S/C25H31ClN4O3/c1-5-17-11-12-19(26)18(6-2)25(17)28-23(32)14-29(4)15-24(33)30-16(3)13-22(31)27-20-9-7-8-10-21(20)30/h7-12,16H,5-6,13-15H2,1-4H3,(H,27,31)(H,28,32). The summed E-state index contributed by atoms with van der Waals surface area (Å²) in [6.45, 7) is 5.97. The summed E-state index contributed by atoms with van der Waals surface area (Å²) in [5.41, 5.74) is 3.97. The van der Waals surface area contributed by atoms with Crippen LogP contribution in [-0.4, -0.2) is 48.8 Å². The molecule has 1 atom stereocenters. The Bertz CT molecular complexity index is 1060. The van der Waals surface area contributed by atoms with Crippen molar-refractivity contribution in [2.75, 3.05) is 35.7 Å². The molecule has 2 aromatic rings. The summed E-state index contributed by atoms with van der Waals surface area (Å²) in [7, 11) is 1.73. The third-order valence-corrected chi connectivity index (χ3v) is 6.14. The molecule has 0 fully saturated rings. The molecule has 2 aromatic carbocycles. The van der Waals surface area contributed by atoms with Gasteiger partial charge in [0.1, 0.15) is 0 Å². The fourth-order valence-electron chi connectivity index (χ4n) is 4.22. The lowest BCUT2D eigenvalue weighted by atomic mass is 10.0. The fraction of sp³-hybridized carbons (Fsp3) is 0.400. The van der Waals surface area contributed by atoms with Crippen molar-refractivity contribution < 1.29 is 14.4 Å². The average Bonchev–Trinajstić information content (AvgIpc) is 2.87. The van der Waals surface area contributed by atoms with Gasteiger partial charge < -0.3 is 15.5 Å². The van der Waals surface area contributed by atoms with Gasteiger partial charge in [0.2, 0.25) is 17.7 Å². The minimum atomic E-state index is -0.297. The van der Waals surface area contributed by atoms with Gasteiger partial charge >= 0.3 is 0 Å². The van der Waals surface area contributed by atoms with E-state index in [-0.39, 0.29) is 43.3 Å². The van der Waals surface area contributed by atoms with Crippen LogP contribution in [0.1, 0.15) is 38.3 Å². The lowest BCUT2D eigenvalue weighted by molar-refractivity contribution is -0.121. The number of halogens is 1. The van der Waals surface area contributed by atoms with Gasteiger partial charge in [0.15, 0.2) is 0 Å². The van der Waals surface area contributed by atoms with Crippen molar-refractivity contribution in [1.82, 2.24) is 4.90 Å². The minimum Gasteiger partial charge on any atom is -0.324 e. The summed E-state index contributed by atoms with van der Waals surface area (Å²) in [5.74, 6) is -0.510. The van der Waals surface area contributed by atoms with E-state index in [9.17, 15) is 14.4 Å². The van der Waals surface area contributed by atoms with Crippen LogP contribution in [0, 0.1) is 0 Å². The molecule has 1 aliphatic rings. The Morgan fingerprint density at radius 3 is 2.58 bits per heavy atom. The van der Waals surface area contributed by atoms with Gasteiger partial charge in [-0.15, -0.1) is 0 Å². The summed E-state index contributed by atoms with van der Waals surface area (Å²) in [6, 6.07) is 10.7. The normalized spacial score (nSPS) is 15.6. The molecule has 0 bridgehead atoms. The molecule has 7 nitrogen and oxygen atoms in total. The molecular weight excluding hydrogens is 440 g/mol. The third kappa shape index (κ3) is 5.72. The monoisotopic (exact) mass is 470 g/mol. The summed E-state index contributed by atoms with van der Waals surface area (Å²) in [5, 5.41) is 6.49. The minimum absolute atomic E-state index is 0.0388. The van der Waals surface area contributed by atoms with E-state index in [1.165, 1.54) is 0 Å². The quantitative estimate of drug-likeness (QED) is 0.638. The van der Waals surface area contributed by atoms with Crippen molar-refractivity contribution in [3.05, 3.63) is 52.5 Å². The van der Waals surface area contributed by atoms with E-state index in [2.05, 4.69) is 10.6 Å². The van der Waals surface area contributed by atoms with Crippen molar-refractivity contribution in [3.8, 4) is 0 Å². The molecule has 33 heavy (non-hydrogen) atoms. The molecule has 0 aromatic heterocycles. The number of likely N-dealkylation sites (N-methyl/N-ethyl adjacent to an activating group) is 1. The SMILES string of the molecule is CCc1ccc(Cl)c(CC)c1NC(=O)CN(C)CC(=O)N1c2ccccc2NC(=O)CC1C. The number of anilines is 3. The highest BCUT2D eigenvalue weighted by Crippen LogP contribution is 2.32. The van der Waals surface area contributed by atoms with Crippen LogP contribution in [0.5, 0.6) is 0 Å². The Hall–Kier alpha value is -2.90. The predicted molar refractivity (Wildman–Crippen MR) is 133 cm³/mol. The topological polar surface area (TPSA) is 81.8 Å². The average molecular weight is 471 g/mol. The maximum Gasteiger partial charge on any atom is 0.241 e. The van der Waals surface area contributed by atoms with Gasteiger partial charge in [-0.1, -0.05) is 43.6 Å². The largest absolute Gasteiger partial charge is 0.324 e.